The van der Waals surface area contributed by atoms with Crippen molar-refractivity contribution in [1.29, 1.82) is 0 Å². The van der Waals surface area contributed by atoms with Gasteiger partial charge in [-0.25, -0.2) is 9.59 Å². The lowest BCUT2D eigenvalue weighted by Gasteiger charge is -2.24. The first-order chi connectivity index (χ1) is 29.9. The Morgan fingerprint density at radius 3 is 1.23 bits per heavy atom. The second kappa shape index (κ2) is 22.6. The summed E-state index contributed by atoms with van der Waals surface area (Å²) in [7, 11) is 0. The van der Waals surface area contributed by atoms with Crippen molar-refractivity contribution < 1.29 is 57.8 Å². The molecule has 2 fully saturated rings. The molecule has 0 saturated carbocycles. The van der Waals surface area contributed by atoms with Crippen LogP contribution in [0.1, 0.15) is 96.3 Å². The van der Waals surface area contributed by atoms with Gasteiger partial charge in [0.05, 0.1) is 26.4 Å². The van der Waals surface area contributed by atoms with Crippen LogP contribution in [0.3, 0.4) is 0 Å². The summed E-state index contributed by atoms with van der Waals surface area (Å²) in [4.78, 5) is 48.7. The van der Waals surface area contributed by atoms with Gasteiger partial charge in [-0.1, -0.05) is 24.3 Å². The molecule has 0 radical (unpaired) electrons. The maximum absolute atomic E-state index is 12.6. The minimum Gasteiger partial charge on any atom is -0.494 e. The number of aliphatic carboxylic acids is 2. The number of ether oxygens (including phenoxy) is 6. The van der Waals surface area contributed by atoms with Crippen LogP contribution in [0, 0.1) is 0 Å². The Morgan fingerprint density at radius 1 is 0.548 bits per heavy atom. The number of hydrogen-bond donors (Lipinski definition) is 4. The summed E-state index contributed by atoms with van der Waals surface area (Å²) in [6.07, 6.45) is 2.98. The highest BCUT2D eigenvalue weighted by atomic mass is 16.5. The fourth-order valence-electron chi connectivity index (χ4n) is 7.47. The van der Waals surface area contributed by atoms with Crippen LogP contribution in [0.15, 0.2) is 84.9 Å². The van der Waals surface area contributed by atoms with Gasteiger partial charge < -0.3 is 49.3 Å². The van der Waals surface area contributed by atoms with E-state index in [0.29, 0.717) is 86.6 Å². The zero-order valence-corrected chi connectivity index (χ0v) is 36.0. The Hall–Kier alpha value is -6.12. The molecule has 332 valence electrons. The number of carboxylic acids is 2. The van der Waals surface area contributed by atoms with Crippen molar-refractivity contribution in [3.63, 3.8) is 0 Å². The van der Waals surface area contributed by atoms with E-state index in [1.54, 1.807) is 48.5 Å². The van der Waals surface area contributed by atoms with Gasteiger partial charge in [-0.05, 0) is 125 Å². The number of benzene rings is 4. The van der Waals surface area contributed by atoms with E-state index in [9.17, 15) is 29.4 Å². The van der Waals surface area contributed by atoms with Gasteiger partial charge in [0.25, 0.3) is 11.8 Å². The van der Waals surface area contributed by atoms with E-state index in [1.807, 2.05) is 64.1 Å². The van der Waals surface area contributed by atoms with Gasteiger partial charge in [-0.15, -0.1) is 0 Å². The molecular formula is C48H58N2O12. The summed E-state index contributed by atoms with van der Waals surface area (Å²) < 4.78 is 33.4. The van der Waals surface area contributed by atoms with Gasteiger partial charge in [-0.2, -0.15) is 0 Å². The van der Waals surface area contributed by atoms with E-state index in [4.69, 9.17) is 28.4 Å². The number of nitrogens with one attached hydrogen (secondary N) is 2. The Bertz CT molecular complexity index is 1960. The van der Waals surface area contributed by atoms with Crippen molar-refractivity contribution in [2.24, 2.45) is 0 Å². The molecule has 14 nitrogen and oxygen atoms in total. The van der Waals surface area contributed by atoms with Crippen LogP contribution in [-0.2, 0) is 45.0 Å². The van der Waals surface area contributed by atoms with Crippen molar-refractivity contribution in [1.82, 2.24) is 10.6 Å². The smallest absolute Gasteiger partial charge is 0.336 e. The fourth-order valence-corrected chi connectivity index (χ4v) is 7.47. The number of carbonyl (C=O) groups is 4. The van der Waals surface area contributed by atoms with Crippen LogP contribution in [-0.4, -0.2) is 84.8 Å². The Labute approximate surface area is 362 Å². The summed E-state index contributed by atoms with van der Waals surface area (Å²) >= 11 is 0. The lowest BCUT2D eigenvalue weighted by molar-refractivity contribution is -0.160. The summed E-state index contributed by atoms with van der Waals surface area (Å²) in [5.74, 6) is 0.450. The van der Waals surface area contributed by atoms with E-state index in [1.165, 1.54) is 0 Å². The minimum atomic E-state index is -1.18. The van der Waals surface area contributed by atoms with Gasteiger partial charge >= 0.3 is 11.9 Å². The van der Waals surface area contributed by atoms with E-state index >= 15 is 0 Å². The second-order valence-corrected chi connectivity index (χ2v) is 14.9. The second-order valence-electron chi connectivity index (χ2n) is 14.9. The Kier molecular flexibility index (Phi) is 17.1. The number of hydrogen-bond acceptors (Lipinski definition) is 10. The molecule has 2 atom stereocenters. The number of carbonyl (C=O) groups excluding carboxylic acids is 2. The van der Waals surface area contributed by atoms with Crippen molar-refractivity contribution in [3.8, 4) is 23.0 Å². The highest BCUT2D eigenvalue weighted by Gasteiger charge is 2.44. The van der Waals surface area contributed by atoms with Crippen molar-refractivity contribution in [2.45, 2.75) is 90.5 Å². The van der Waals surface area contributed by atoms with E-state index in [0.717, 1.165) is 35.1 Å². The molecular weight excluding hydrogens is 797 g/mol. The quantitative estimate of drug-likeness (QED) is 0.0703. The van der Waals surface area contributed by atoms with Crippen LogP contribution >= 0.6 is 0 Å². The molecule has 0 spiro atoms. The lowest BCUT2D eigenvalue weighted by atomic mass is 9.91. The number of carboxylic acid groups (broad SMARTS) is 2. The highest BCUT2D eigenvalue weighted by Crippen LogP contribution is 2.33. The average molecular weight is 855 g/mol. The van der Waals surface area contributed by atoms with Gasteiger partial charge in [-0.3, -0.25) is 9.59 Å². The molecule has 0 aromatic heterocycles. The van der Waals surface area contributed by atoms with Gasteiger partial charge in [0, 0.05) is 61.4 Å². The van der Waals surface area contributed by atoms with Crippen LogP contribution in [0.25, 0.3) is 0 Å². The van der Waals surface area contributed by atoms with Gasteiger partial charge in [0.1, 0.15) is 23.0 Å². The molecule has 2 aliphatic heterocycles. The third-order valence-corrected chi connectivity index (χ3v) is 10.5. The van der Waals surface area contributed by atoms with Crippen LogP contribution in [0.5, 0.6) is 23.0 Å². The number of amides is 2. The molecule has 0 aliphatic carbocycles. The predicted molar refractivity (Wildman–Crippen MR) is 231 cm³/mol. The maximum atomic E-state index is 12.6. The minimum absolute atomic E-state index is 0.211. The standard InChI is InChI=1S/2C24H29NO6/c2*1-3-29-20-9-7-18(8-10-20)22(26)25-16-19-14-17(6-11-21(19)30-4-2)15-24(23(27)28)12-5-13-31-24/h2*6-11,14H,3-5,12-13,15-16H2,1-2H3,(H,25,26)(H,27,28)/t2*24-/m10/s1. The van der Waals surface area contributed by atoms with Crippen molar-refractivity contribution >= 4 is 23.8 Å². The molecule has 2 amide bonds. The topological polar surface area (TPSA) is 188 Å². The predicted octanol–water partition coefficient (Wildman–Crippen LogP) is 7.18. The normalized spacial score (nSPS) is 17.9. The maximum Gasteiger partial charge on any atom is 0.336 e. The van der Waals surface area contributed by atoms with Gasteiger partial charge in [0.15, 0.2) is 11.2 Å². The zero-order chi connectivity index (χ0) is 44.5. The van der Waals surface area contributed by atoms with Crippen LogP contribution < -0.4 is 29.6 Å². The molecule has 4 aromatic carbocycles. The zero-order valence-electron chi connectivity index (χ0n) is 36.0. The Morgan fingerprint density at radius 2 is 0.919 bits per heavy atom. The third kappa shape index (κ3) is 12.5. The monoisotopic (exact) mass is 854 g/mol. The van der Waals surface area contributed by atoms with Crippen LogP contribution in [0.2, 0.25) is 0 Å². The third-order valence-electron chi connectivity index (χ3n) is 10.5. The Balaban J connectivity index is 0.000000234. The molecule has 2 heterocycles. The molecule has 6 rings (SSSR count). The lowest BCUT2D eigenvalue weighted by Crippen LogP contribution is -2.40. The van der Waals surface area contributed by atoms with Gasteiger partial charge in [0.2, 0.25) is 0 Å². The molecule has 4 N–H and O–H groups in total. The van der Waals surface area contributed by atoms with E-state index < -0.39 is 23.1 Å². The average Bonchev–Trinajstić information content (AvgIpc) is 3.96. The fraction of sp³-hybridized carbons (Fsp3) is 0.417. The number of rotatable bonds is 20. The largest absolute Gasteiger partial charge is 0.494 e. The molecule has 14 heteroatoms. The summed E-state index contributed by atoms with van der Waals surface area (Å²) in [6.45, 7) is 11.1. The molecule has 2 aliphatic rings. The van der Waals surface area contributed by atoms with Crippen molar-refractivity contribution in [2.75, 3.05) is 39.6 Å². The molecule has 2 saturated heterocycles. The van der Waals surface area contributed by atoms with E-state index in [-0.39, 0.29) is 37.7 Å². The summed E-state index contributed by atoms with van der Waals surface area (Å²) in [6, 6.07) is 25.0. The first-order valence-electron chi connectivity index (χ1n) is 21.2. The molecule has 0 bridgehead atoms. The summed E-state index contributed by atoms with van der Waals surface area (Å²) in [5.41, 5.74) is 1.93. The molecule has 4 aromatic rings. The van der Waals surface area contributed by atoms with Crippen LogP contribution in [0.4, 0.5) is 0 Å². The first kappa shape index (κ1) is 46.9. The molecule has 0 unspecified atom stereocenters. The first-order valence-corrected chi connectivity index (χ1v) is 21.2. The molecule has 62 heavy (non-hydrogen) atoms. The van der Waals surface area contributed by atoms with Crippen molar-refractivity contribution in [3.05, 3.63) is 118 Å². The summed E-state index contributed by atoms with van der Waals surface area (Å²) in [5, 5.41) is 25.2. The highest BCUT2D eigenvalue weighted by molar-refractivity contribution is 5.94. The van der Waals surface area contributed by atoms with E-state index in [2.05, 4.69) is 10.6 Å². The SMILES string of the molecule is CCOc1ccc(C(=O)NCc2cc(C[C@@]3(C(=O)O)CCCO3)ccc2OCC)cc1.CCOc1ccc(C(=O)NCc2cc(C[C@]3(C(=O)O)CCCO3)ccc2OCC)cc1.